The molecule has 0 spiro atoms. The van der Waals surface area contributed by atoms with Crippen LogP contribution in [-0.4, -0.2) is 16.2 Å². The number of rotatable bonds is 2. The summed E-state index contributed by atoms with van der Waals surface area (Å²) in [6, 6.07) is 20.8. The van der Waals surface area contributed by atoms with Gasteiger partial charge in [-0.1, -0.05) is 60.1 Å². The van der Waals surface area contributed by atoms with Crippen molar-refractivity contribution in [3.05, 3.63) is 100 Å². The van der Waals surface area contributed by atoms with Crippen LogP contribution < -0.4 is 4.74 Å². The largest absolute Gasteiger partial charge is 0.426 e. The number of halogens is 1. The first-order valence-electron chi connectivity index (χ1n) is 9.06. The van der Waals surface area contributed by atoms with E-state index in [4.69, 9.17) is 16.3 Å². The van der Waals surface area contributed by atoms with Gasteiger partial charge in [-0.3, -0.25) is 4.79 Å². The molecule has 0 amide bonds. The highest BCUT2D eigenvalue weighted by molar-refractivity contribution is 6.30. The number of ether oxygens (including phenoxy) is 1. The standard InChI is InChI=1S/C23H17ClO4/c24-14-9-11-15(12-10-14)28-21(25)20-13-22(26)16-5-1-3-7-18(16)23(20,27)19-8-4-2-6-17(19)22/h1-12,20,26-27H,13H2. The van der Waals surface area contributed by atoms with Crippen molar-refractivity contribution >= 4 is 17.6 Å². The highest BCUT2D eigenvalue weighted by atomic mass is 35.5. The van der Waals surface area contributed by atoms with Gasteiger partial charge >= 0.3 is 5.97 Å². The fourth-order valence-corrected chi connectivity index (χ4v) is 4.75. The van der Waals surface area contributed by atoms with Crippen LogP contribution in [0.1, 0.15) is 28.7 Å². The molecule has 1 atom stereocenters. The second kappa shape index (κ2) is 5.92. The molecule has 140 valence electrons. The van der Waals surface area contributed by atoms with Gasteiger partial charge in [0.25, 0.3) is 0 Å². The topological polar surface area (TPSA) is 66.8 Å². The van der Waals surface area contributed by atoms with Gasteiger partial charge in [-0.15, -0.1) is 0 Å². The molecule has 3 aromatic carbocycles. The summed E-state index contributed by atoms with van der Waals surface area (Å²) in [5.41, 5.74) is -0.581. The van der Waals surface area contributed by atoms with Crippen molar-refractivity contribution in [3.63, 3.8) is 0 Å². The number of esters is 1. The van der Waals surface area contributed by atoms with E-state index in [0.29, 0.717) is 33.0 Å². The summed E-state index contributed by atoms with van der Waals surface area (Å²) in [5.74, 6) is -1.20. The van der Waals surface area contributed by atoms with Gasteiger partial charge in [0.05, 0.1) is 5.92 Å². The van der Waals surface area contributed by atoms with E-state index >= 15 is 0 Å². The van der Waals surface area contributed by atoms with Crippen LogP contribution in [-0.2, 0) is 16.0 Å². The van der Waals surface area contributed by atoms with Crippen LogP contribution in [0.25, 0.3) is 0 Å². The van der Waals surface area contributed by atoms with Crippen molar-refractivity contribution in [2.45, 2.75) is 17.6 Å². The van der Waals surface area contributed by atoms with Crippen LogP contribution >= 0.6 is 11.6 Å². The van der Waals surface area contributed by atoms with Crippen molar-refractivity contribution < 1.29 is 19.7 Å². The number of fused-ring (bicyclic) bond motifs is 1. The number of aliphatic hydroxyl groups is 2. The predicted molar refractivity (Wildman–Crippen MR) is 104 cm³/mol. The first-order chi connectivity index (χ1) is 13.4. The Hall–Kier alpha value is -2.66. The van der Waals surface area contributed by atoms with E-state index in [9.17, 15) is 15.0 Å². The first-order valence-corrected chi connectivity index (χ1v) is 9.44. The molecule has 1 unspecified atom stereocenters. The highest BCUT2D eigenvalue weighted by Crippen LogP contribution is 2.59. The molecule has 2 N–H and O–H groups in total. The normalized spacial score (nSPS) is 27.0. The Balaban J connectivity index is 1.64. The average molecular weight is 393 g/mol. The van der Waals surface area contributed by atoms with Crippen LogP contribution in [0.4, 0.5) is 0 Å². The lowest BCUT2D eigenvalue weighted by Gasteiger charge is -2.53. The molecule has 0 saturated carbocycles. The third kappa shape index (κ3) is 2.23. The van der Waals surface area contributed by atoms with Gasteiger partial charge in [-0.05, 0) is 46.5 Å². The van der Waals surface area contributed by atoms with E-state index in [1.54, 1.807) is 60.7 Å². The Morgan fingerprint density at radius 2 is 1.36 bits per heavy atom. The zero-order chi connectivity index (χ0) is 19.5. The monoisotopic (exact) mass is 392 g/mol. The maximum absolute atomic E-state index is 13.1. The summed E-state index contributed by atoms with van der Waals surface area (Å²) in [5, 5.41) is 24.0. The maximum Gasteiger partial charge on any atom is 0.318 e. The van der Waals surface area contributed by atoms with Gasteiger partial charge < -0.3 is 14.9 Å². The summed E-state index contributed by atoms with van der Waals surface area (Å²) in [4.78, 5) is 13.1. The first kappa shape index (κ1) is 17.4. The Morgan fingerprint density at radius 3 is 1.89 bits per heavy atom. The van der Waals surface area contributed by atoms with Gasteiger partial charge in [0.2, 0.25) is 0 Å². The van der Waals surface area contributed by atoms with E-state index < -0.39 is 23.1 Å². The molecule has 5 heteroatoms. The molecule has 0 saturated heterocycles. The minimum atomic E-state index is -1.57. The Labute approximate surface area is 167 Å². The zero-order valence-corrected chi connectivity index (χ0v) is 15.6. The summed E-state index contributed by atoms with van der Waals surface area (Å²) in [6.07, 6.45) is 0.0456. The third-order valence-electron chi connectivity index (χ3n) is 5.89. The van der Waals surface area contributed by atoms with Crippen LogP contribution in [0, 0.1) is 5.92 Å². The molecule has 28 heavy (non-hydrogen) atoms. The number of hydrogen-bond donors (Lipinski definition) is 2. The smallest absolute Gasteiger partial charge is 0.318 e. The predicted octanol–water partition coefficient (Wildman–Crippen LogP) is 3.75. The third-order valence-corrected chi connectivity index (χ3v) is 6.14. The lowest BCUT2D eigenvalue weighted by molar-refractivity contribution is -0.157. The average Bonchev–Trinajstić information content (AvgIpc) is 2.72. The number of hydrogen-bond acceptors (Lipinski definition) is 4. The molecule has 3 aliphatic carbocycles. The minimum absolute atomic E-state index is 0.0456. The summed E-state index contributed by atoms with van der Waals surface area (Å²) < 4.78 is 5.53. The highest BCUT2D eigenvalue weighted by Gasteiger charge is 2.62. The molecule has 3 aromatic rings. The molecule has 0 aromatic heterocycles. The minimum Gasteiger partial charge on any atom is -0.426 e. The molecule has 0 radical (unpaired) electrons. The van der Waals surface area contributed by atoms with Crippen LogP contribution in [0.2, 0.25) is 5.02 Å². The van der Waals surface area contributed by atoms with E-state index in [2.05, 4.69) is 0 Å². The number of carbonyl (C=O) groups is 1. The second-order valence-corrected chi connectivity index (χ2v) is 7.79. The molecule has 2 bridgehead atoms. The Kier molecular flexibility index (Phi) is 3.68. The maximum atomic E-state index is 13.1. The van der Waals surface area contributed by atoms with Gasteiger partial charge in [-0.2, -0.15) is 0 Å². The lowest BCUT2D eigenvalue weighted by Crippen LogP contribution is -2.57. The summed E-state index contributed by atoms with van der Waals surface area (Å²) in [6.45, 7) is 0. The molecule has 0 heterocycles. The summed E-state index contributed by atoms with van der Waals surface area (Å²) >= 11 is 5.89. The van der Waals surface area contributed by atoms with Crippen molar-refractivity contribution in [1.29, 1.82) is 0 Å². The second-order valence-electron chi connectivity index (χ2n) is 7.35. The SMILES string of the molecule is O=C(Oc1ccc(Cl)cc1)C1CC2(O)c3ccccc3C1(O)c1ccccc12. The van der Waals surface area contributed by atoms with Crippen molar-refractivity contribution in [3.8, 4) is 5.75 Å². The molecular weight excluding hydrogens is 376 g/mol. The van der Waals surface area contributed by atoms with Crippen molar-refractivity contribution in [1.82, 2.24) is 0 Å². The molecule has 4 nitrogen and oxygen atoms in total. The van der Waals surface area contributed by atoms with Crippen molar-refractivity contribution in [2.75, 3.05) is 0 Å². The quantitative estimate of drug-likeness (QED) is 0.515. The molecule has 3 aliphatic rings. The van der Waals surface area contributed by atoms with Gasteiger partial charge in [0, 0.05) is 11.4 Å². The van der Waals surface area contributed by atoms with E-state index in [1.165, 1.54) is 0 Å². The Bertz CT molecular complexity index is 1040. The molecular formula is C23H17ClO4. The fourth-order valence-electron chi connectivity index (χ4n) is 4.62. The van der Waals surface area contributed by atoms with Crippen LogP contribution in [0.5, 0.6) is 5.75 Å². The fraction of sp³-hybridized carbons (Fsp3) is 0.174. The van der Waals surface area contributed by atoms with Gasteiger partial charge in [0.15, 0.2) is 0 Å². The summed E-state index contributed by atoms with van der Waals surface area (Å²) in [7, 11) is 0. The molecule has 0 aliphatic heterocycles. The number of carbonyl (C=O) groups excluding carboxylic acids is 1. The van der Waals surface area contributed by atoms with Crippen LogP contribution in [0.3, 0.4) is 0 Å². The Morgan fingerprint density at radius 1 is 0.857 bits per heavy atom. The lowest BCUT2D eigenvalue weighted by atomic mass is 9.54. The van der Waals surface area contributed by atoms with Crippen LogP contribution in [0.15, 0.2) is 72.8 Å². The van der Waals surface area contributed by atoms with E-state index in [0.717, 1.165) is 0 Å². The van der Waals surface area contributed by atoms with Crippen molar-refractivity contribution in [2.24, 2.45) is 5.92 Å². The van der Waals surface area contributed by atoms with Gasteiger partial charge in [-0.25, -0.2) is 0 Å². The zero-order valence-electron chi connectivity index (χ0n) is 14.8. The number of benzene rings is 3. The molecule has 0 fully saturated rings. The molecule has 6 rings (SSSR count). The van der Waals surface area contributed by atoms with E-state index in [1.807, 2.05) is 12.1 Å². The van der Waals surface area contributed by atoms with Gasteiger partial charge in [0.1, 0.15) is 17.0 Å². The van der Waals surface area contributed by atoms with E-state index in [-0.39, 0.29) is 6.42 Å².